The van der Waals surface area contributed by atoms with Crippen molar-refractivity contribution in [2.24, 2.45) is 0 Å². The van der Waals surface area contributed by atoms with Crippen LogP contribution in [0.15, 0.2) is 50.7 Å². The third-order valence-corrected chi connectivity index (χ3v) is 4.94. The molecule has 7 nitrogen and oxygen atoms in total. The average molecular weight is 399 g/mol. The van der Waals surface area contributed by atoms with Gasteiger partial charge < -0.3 is 19.1 Å². The van der Waals surface area contributed by atoms with E-state index < -0.39 is 5.23 Å². The molecule has 1 aliphatic rings. The molecular formula is C22H25NO6. The Balaban J connectivity index is 1.77. The second-order valence-corrected chi connectivity index (χ2v) is 7.16. The van der Waals surface area contributed by atoms with Gasteiger partial charge in [0, 0.05) is 24.1 Å². The van der Waals surface area contributed by atoms with E-state index >= 15 is 0 Å². The van der Waals surface area contributed by atoms with Gasteiger partial charge in [-0.1, -0.05) is 17.7 Å². The smallest absolute Gasteiger partial charge is 0.291 e. The van der Waals surface area contributed by atoms with Crippen molar-refractivity contribution in [3.05, 3.63) is 79.4 Å². The Morgan fingerprint density at radius 1 is 1.28 bits per heavy atom. The predicted octanol–water partition coefficient (Wildman–Crippen LogP) is 3.16. The monoisotopic (exact) mass is 399 g/mol. The summed E-state index contributed by atoms with van der Waals surface area (Å²) in [6.07, 6.45) is 4.32. The number of benzene rings is 1. The minimum absolute atomic E-state index is 0.0926. The van der Waals surface area contributed by atoms with E-state index in [1.54, 1.807) is 38.1 Å². The summed E-state index contributed by atoms with van der Waals surface area (Å²) < 4.78 is 16.8. The first kappa shape index (κ1) is 21.0. The van der Waals surface area contributed by atoms with Gasteiger partial charge in [-0.05, 0) is 44.0 Å². The Hall–Kier alpha value is -2.71. The standard InChI is InChI=1S/C22H25NO6/c1-13(9-16-5-7-18(8-6-16)23(25)26)10-17-11-19(28-12-17)21-14(2)20(24)15(3)22(27-4)29-21/h5-10,19,23,25H,11-12H2,1-4H3/t19-/m0/s1. The van der Waals surface area contributed by atoms with Crippen LogP contribution in [0.4, 0.5) is 5.69 Å². The molecule has 7 heteroatoms. The Morgan fingerprint density at radius 2 is 1.97 bits per heavy atom. The van der Waals surface area contributed by atoms with Gasteiger partial charge in [0.2, 0.25) is 0 Å². The number of hydrogen-bond acceptors (Lipinski definition) is 6. The van der Waals surface area contributed by atoms with E-state index in [0.29, 0.717) is 29.9 Å². The van der Waals surface area contributed by atoms with Crippen LogP contribution in [0.3, 0.4) is 0 Å². The van der Waals surface area contributed by atoms with Crippen molar-refractivity contribution in [3.8, 4) is 5.95 Å². The Morgan fingerprint density at radius 3 is 2.59 bits per heavy atom. The van der Waals surface area contributed by atoms with Gasteiger partial charge in [0.05, 0.1) is 19.3 Å². The lowest BCUT2D eigenvalue weighted by molar-refractivity contribution is -0.991. The highest BCUT2D eigenvalue weighted by Gasteiger charge is 2.28. The highest BCUT2D eigenvalue weighted by Crippen LogP contribution is 2.35. The number of ether oxygens (including phenoxy) is 2. The van der Waals surface area contributed by atoms with E-state index in [9.17, 15) is 10.0 Å². The van der Waals surface area contributed by atoms with Gasteiger partial charge in [-0.2, -0.15) is 5.23 Å². The van der Waals surface area contributed by atoms with Gasteiger partial charge in [0.1, 0.15) is 11.9 Å². The van der Waals surface area contributed by atoms with Crippen molar-refractivity contribution in [1.29, 1.82) is 0 Å². The molecule has 154 valence electrons. The molecule has 0 amide bonds. The van der Waals surface area contributed by atoms with Gasteiger partial charge in [-0.25, -0.2) is 5.21 Å². The minimum atomic E-state index is -0.941. The Labute approximate surface area is 169 Å². The maximum absolute atomic E-state index is 12.4. The largest absolute Gasteiger partial charge is 0.595 e. The summed E-state index contributed by atoms with van der Waals surface area (Å²) in [6.45, 7) is 5.85. The van der Waals surface area contributed by atoms with Crippen molar-refractivity contribution in [1.82, 2.24) is 0 Å². The van der Waals surface area contributed by atoms with Crippen LogP contribution in [0.25, 0.3) is 6.08 Å². The fraction of sp³-hybridized carbons (Fsp3) is 0.318. The molecule has 1 aromatic heterocycles. The molecular weight excluding hydrogens is 374 g/mol. The normalized spacial score (nSPS) is 19.6. The highest BCUT2D eigenvalue weighted by molar-refractivity contribution is 5.57. The van der Waals surface area contributed by atoms with E-state index in [1.165, 1.54) is 7.11 Å². The van der Waals surface area contributed by atoms with E-state index in [0.717, 1.165) is 16.7 Å². The second-order valence-electron chi connectivity index (χ2n) is 7.16. The summed E-state index contributed by atoms with van der Waals surface area (Å²) in [5.74, 6) is 0.726. The molecule has 1 aromatic carbocycles. The number of nitrogens with one attached hydrogen (secondary N) is 1. The molecule has 2 atom stereocenters. The number of allylic oxidation sites excluding steroid dienone is 2. The number of rotatable bonds is 5. The molecule has 3 rings (SSSR count). The molecule has 2 aromatic rings. The zero-order valence-corrected chi connectivity index (χ0v) is 16.9. The van der Waals surface area contributed by atoms with Crippen LogP contribution in [-0.2, 0) is 4.74 Å². The molecule has 29 heavy (non-hydrogen) atoms. The average Bonchev–Trinajstić information content (AvgIpc) is 3.14. The second kappa shape index (κ2) is 8.75. The molecule has 2 N–H and O–H groups in total. The molecule has 1 fully saturated rings. The van der Waals surface area contributed by atoms with Gasteiger partial charge in [-0.15, -0.1) is 0 Å². The Kier molecular flexibility index (Phi) is 6.34. The zero-order valence-electron chi connectivity index (χ0n) is 16.9. The van der Waals surface area contributed by atoms with E-state index in [-0.39, 0.29) is 23.2 Å². The SMILES string of the molecule is COc1oc([C@@H]2CC(=CC(C)=Cc3ccc([NH+]([O-])O)cc3)CO2)c(C)c(=O)c1C. The van der Waals surface area contributed by atoms with Crippen LogP contribution in [0.2, 0.25) is 0 Å². The lowest BCUT2D eigenvalue weighted by Crippen LogP contribution is -2.99. The van der Waals surface area contributed by atoms with Crippen LogP contribution < -0.4 is 15.4 Å². The van der Waals surface area contributed by atoms with Gasteiger partial charge in [0.15, 0.2) is 11.1 Å². The molecule has 1 saturated heterocycles. The molecule has 2 heterocycles. The van der Waals surface area contributed by atoms with Crippen molar-refractivity contribution < 1.29 is 24.3 Å². The summed E-state index contributed by atoms with van der Waals surface area (Å²) >= 11 is 0. The van der Waals surface area contributed by atoms with Gasteiger partial charge in [-0.3, -0.25) is 4.79 Å². The lowest BCUT2D eigenvalue weighted by Gasteiger charge is -2.13. The summed E-state index contributed by atoms with van der Waals surface area (Å²) in [5.41, 5.74) is 4.19. The maximum atomic E-state index is 12.4. The maximum Gasteiger partial charge on any atom is 0.291 e. The first-order chi connectivity index (χ1) is 13.8. The first-order valence-electron chi connectivity index (χ1n) is 9.31. The molecule has 0 bridgehead atoms. The first-order valence-corrected chi connectivity index (χ1v) is 9.31. The quantitative estimate of drug-likeness (QED) is 0.750. The molecule has 1 aliphatic heterocycles. The molecule has 0 spiro atoms. The summed E-state index contributed by atoms with van der Waals surface area (Å²) in [7, 11) is 1.47. The van der Waals surface area contributed by atoms with Crippen LogP contribution in [0, 0.1) is 19.1 Å². The number of methoxy groups -OCH3 is 1. The summed E-state index contributed by atoms with van der Waals surface area (Å²) in [5, 5.41) is 19.0. The van der Waals surface area contributed by atoms with Gasteiger partial charge >= 0.3 is 0 Å². The van der Waals surface area contributed by atoms with E-state index in [4.69, 9.17) is 19.1 Å². The van der Waals surface area contributed by atoms with Gasteiger partial charge in [0.25, 0.3) is 5.95 Å². The predicted molar refractivity (Wildman–Crippen MR) is 108 cm³/mol. The van der Waals surface area contributed by atoms with Crippen LogP contribution in [0.1, 0.15) is 41.9 Å². The molecule has 0 radical (unpaired) electrons. The van der Waals surface area contributed by atoms with Crippen LogP contribution in [0.5, 0.6) is 5.95 Å². The number of quaternary nitrogens is 1. The fourth-order valence-corrected chi connectivity index (χ4v) is 3.42. The molecule has 0 saturated carbocycles. The molecule has 1 unspecified atom stereocenters. The summed E-state index contributed by atoms with van der Waals surface area (Å²) in [4.78, 5) is 12.4. The highest BCUT2D eigenvalue weighted by atomic mass is 16.8. The molecule has 0 aliphatic carbocycles. The van der Waals surface area contributed by atoms with Crippen molar-refractivity contribution in [2.75, 3.05) is 13.7 Å². The van der Waals surface area contributed by atoms with Crippen molar-refractivity contribution in [2.45, 2.75) is 33.3 Å². The topological polar surface area (TPSA) is 96.4 Å². The third-order valence-electron chi connectivity index (χ3n) is 4.94. The van der Waals surface area contributed by atoms with Crippen LogP contribution in [-0.4, -0.2) is 18.9 Å². The van der Waals surface area contributed by atoms with Crippen LogP contribution >= 0.6 is 0 Å². The van der Waals surface area contributed by atoms with Crippen molar-refractivity contribution >= 4 is 11.8 Å². The zero-order chi connectivity index (χ0) is 21.1. The van der Waals surface area contributed by atoms with E-state index in [2.05, 4.69) is 0 Å². The van der Waals surface area contributed by atoms with Crippen molar-refractivity contribution in [3.63, 3.8) is 0 Å². The third kappa shape index (κ3) is 4.65. The number of hydrogen-bond donors (Lipinski definition) is 2. The van der Waals surface area contributed by atoms with E-state index in [1.807, 2.05) is 19.1 Å². The fourth-order valence-electron chi connectivity index (χ4n) is 3.42. The summed E-state index contributed by atoms with van der Waals surface area (Å²) in [6, 6.07) is 6.71. The Bertz CT molecular complexity index is 1000. The lowest BCUT2D eigenvalue weighted by atomic mass is 10.0. The minimum Gasteiger partial charge on any atom is -0.595 e.